The maximum Gasteiger partial charge on any atom is 0.409 e. The Morgan fingerprint density at radius 1 is 1.29 bits per heavy atom. The Hall–Kier alpha value is -1.34. The molecule has 7 nitrogen and oxygen atoms in total. The number of carbonyl (C=O) groups is 2. The zero-order valence-corrected chi connectivity index (χ0v) is 18.6. The Labute approximate surface area is 169 Å². The van der Waals surface area contributed by atoms with Gasteiger partial charge in [-0.15, -0.1) is 0 Å². The van der Waals surface area contributed by atoms with Crippen molar-refractivity contribution in [3.05, 3.63) is 0 Å². The van der Waals surface area contributed by atoms with Gasteiger partial charge in [-0.1, -0.05) is 47.5 Å². The van der Waals surface area contributed by atoms with Crippen molar-refractivity contribution in [1.82, 2.24) is 10.2 Å². The predicted molar refractivity (Wildman–Crippen MR) is 109 cm³/mol. The van der Waals surface area contributed by atoms with Crippen LogP contribution in [0.1, 0.15) is 74.1 Å². The van der Waals surface area contributed by atoms with E-state index in [0.717, 1.165) is 19.3 Å². The molecule has 0 bridgehead atoms. The second-order valence-electron chi connectivity index (χ2n) is 9.44. The van der Waals surface area contributed by atoms with E-state index in [1.54, 1.807) is 13.8 Å². The highest BCUT2D eigenvalue weighted by Gasteiger charge is 2.50. The molecule has 2 unspecified atom stereocenters. The third-order valence-electron chi connectivity index (χ3n) is 5.94. The number of nitrogens with zero attached hydrogens (tertiary/aromatic N) is 1. The maximum atomic E-state index is 12.7. The minimum absolute atomic E-state index is 0.00875. The quantitative estimate of drug-likeness (QED) is 0.521. The monoisotopic (exact) mass is 400 g/mol. The summed E-state index contributed by atoms with van der Waals surface area (Å²) in [6.07, 6.45) is 1.80. The molecule has 0 saturated carbocycles. The molecular weight excluding hydrogens is 360 g/mol. The number of carboxylic acid groups (broad SMARTS) is 1. The molecule has 0 radical (unpaired) electrons. The molecule has 0 aromatic rings. The molecule has 0 spiro atoms. The van der Waals surface area contributed by atoms with Gasteiger partial charge in [0.2, 0.25) is 5.91 Å². The lowest BCUT2D eigenvalue weighted by Crippen LogP contribution is -2.50. The topological polar surface area (TPSA) is 99.1 Å². The molecule has 0 aromatic carbocycles. The van der Waals surface area contributed by atoms with Gasteiger partial charge >= 0.3 is 6.09 Å². The second kappa shape index (κ2) is 9.92. The molecule has 7 heteroatoms. The Bertz CT molecular complexity index is 533. The Morgan fingerprint density at radius 2 is 1.89 bits per heavy atom. The van der Waals surface area contributed by atoms with E-state index in [-0.39, 0.29) is 30.9 Å². The molecule has 1 aliphatic heterocycles. The van der Waals surface area contributed by atoms with Gasteiger partial charge in [-0.05, 0) is 38.5 Å². The van der Waals surface area contributed by atoms with E-state index in [1.165, 1.54) is 4.90 Å². The van der Waals surface area contributed by atoms with E-state index in [4.69, 9.17) is 4.74 Å². The Balaban J connectivity index is 2.94. The lowest BCUT2D eigenvalue weighted by Gasteiger charge is -2.33. The molecule has 1 heterocycles. The number of hydrogen-bond acceptors (Lipinski definition) is 4. The molecule has 1 rings (SSSR count). The van der Waals surface area contributed by atoms with Crippen molar-refractivity contribution < 1.29 is 24.5 Å². The van der Waals surface area contributed by atoms with Gasteiger partial charge in [-0.25, -0.2) is 4.79 Å². The highest BCUT2D eigenvalue weighted by molar-refractivity contribution is 5.81. The second-order valence-corrected chi connectivity index (χ2v) is 9.44. The number of nitrogens with one attached hydrogen (secondary N) is 1. The van der Waals surface area contributed by atoms with Crippen LogP contribution >= 0.6 is 0 Å². The summed E-state index contributed by atoms with van der Waals surface area (Å²) >= 11 is 0. The lowest BCUT2D eigenvalue weighted by molar-refractivity contribution is -0.131. The van der Waals surface area contributed by atoms with Crippen molar-refractivity contribution in [2.24, 2.45) is 17.3 Å². The van der Waals surface area contributed by atoms with Gasteiger partial charge < -0.3 is 20.3 Å². The average molecular weight is 401 g/mol. The van der Waals surface area contributed by atoms with Gasteiger partial charge in [0.15, 0.2) is 0 Å². The Kier molecular flexibility index (Phi) is 8.75. The fraction of sp³-hybridized carbons (Fsp3) is 0.905. The van der Waals surface area contributed by atoms with Crippen LogP contribution in [0, 0.1) is 17.3 Å². The van der Waals surface area contributed by atoms with E-state index >= 15 is 0 Å². The van der Waals surface area contributed by atoms with E-state index in [2.05, 4.69) is 12.2 Å². The first-order valence-corrected chi connectivity index (χ1v) is 10.5. The van der Waals surface area contributed by atoms with Crippen LogP contribution in [0.25, 0.3) is 0 Å². The van der Waals surface area contributed by atoms with Crippen LogP contribution in [0.4, 0.5) is 4.79 Å². The highest BCUT2D eigenvalue weighted by Crippen LogP contribution is 2.36. The first-order chi connectivity index (χ1) is 12.9. The molecule has 0 aliphatic carbocycles. The van der Waals surface area contributed by atoms with Crippen LogP contribution in [0.5, 0.6) is 0 Å². The molecule has 1 aliphatic rings. The van der Waals surface area contributed by atoms with Crippen LogP contribution < -0.4 is 5.32 Å². The fourth-order valence-corrected chi connectivity index (χ4v) is 3.91. The minimum atomic E-state index is -1.05. The van der Waals surface area contributed by atoms with Gasteiger partial charge in [0, 0.05) is 18.6 Å². The van der Waals surface area contributed by atoms with E-state index in [0.29, 0.717) is 6.42 Å². The molecule has 1 saturated heterocycles. The van der Waals surface area contributed by atoms with Gasteiger partial charge in [0.25, 0.3) is 0 Å². The number of carbonyl (C=O) groups excluding carboxylic acids is 1. The number of amides is 2. The summed E-state index contributed by atoms with van der Waals surface area (Å²) in [4.78, 5) is 25.9. The summed E-state index contributed by atoms with van der Waals surface area (Å²) in [6.45, 7) is 13.7. The number of ether oxygens (including phenoxy) is 1. The third kappa shape index (κ3) is 6.08. The van der Waals surface area contributed by atoms with Crippen LogP contribution in [0.2, 0.25) is 0 Å². The zero-order valence-electron chi connectivity index (χ0n) is 18.6. The number of unbranched alkanes of at least 4 members (excludes halogenated alkanes) is 1. The number of aliphatic hydroxyl groups is 1. The predicted octanol–water partition coefficient (Wildman–Crippen LogP) is 3.46. The van der Waals surface area contributed by atoms with Crippen molar-refractivity contribution in [3.8, 4) is 0 Å². The van der Waals surface area contributed by atoms with Gasteiger partial charge in [0.05, 0.1) is 12.1 Å². The van der Waals surface area contributed by atoms with Crippen molar-refractivity contribution in [2.75, 3.05) is 13.2 Å². The van der Waals surface area contributed by atoms with Crippen LogP contribution in [0.3, 0.4) is 0 Å². The normalized spacial score (nSPS) is 23.1. The minimum Gasteiger partial charge on any atom is -0.465 e. The molecule has 1 fully saturated rings. The molecule has 164 valence electrons. The summed E-state index contributed by atoms with van der Waals surface area (Å²) in [5.74, 6) is 0.133. The smallest absolute Gasteiger partial charge is 0.409 e. The maximum absolute atomic E-state index is 12.7. The summed E-state index contributed by atoms with van der Waals surface area (Å²) in [5.41, 5.74) is -1.46. The van der Waals surface area contributed by atoms with Crippen LogP contribution in [-0.2, 0) is 9.53 Å². The molecule has 28 heavy (non-hydrogen) atoms. The number of rotatable bonds is 10. The standard InChI is InChI=1S/C21H40N2O5/c1-8-9-10-20(4,5)18(25)22-12-17-16(11-15(13-24)14(2)3)23(19(26)27)21(6,7)28-17/h14-17,24H,8-13H2,1-7H3,(H,22,25)(H,26,27)/t15-,16?,17?/m1/s1. The lowest BCUT2D eigenvalue weighted by atomic mass is 9.85. The van der Waals surface area contributed by atoms with E-state index < -0.39 is 29.4 Å². The highest BCUT2D eigenvalue weighted by atomic mass is 16.6. The van der Waals surface area contributed by atoms with E-state index in [1.807, 2.05) is 27.7 Å². The molecule has 0 aromatic heterocycles. The average Bonchev–Trinajstić information content (AvgIpc) is 2.84. The van der Waals surface area contributed by atoms with Crippen LogP contribution in [-0.4, -0.2) is 58.1 Å². The fourth-order valence-electron chi connectivity index (χ4n) is 3.91. The number of aliphatic hydroxyl groups excluding tert-OH is 1. The van der Waals surface area contributed by atoms with Gasteiger partial charge in [-0.3, -0.25) is 9.69 Å². The van der Waals surface area contributed by atoms with Crippen molar-refractivity contribution in [3.63, 3.8) is 0 Å². The Morgan fingerprint density at radius 3 is 2.36 bits per heavy atom. The molecule has 3 atom stereocenters. The van der Waals surface area contributed by atoms with Gasteiger partial charge in [0.1, 0.15) is 5.72 Å². The molecule has 3 N–H and O–H groups in total. The van der Waals surface area contributed by atoms with Crippen molar-refractivity contribution in [2.45, 2.75) is 92.0 Å². The van der Waals surface area contributed by atoms with E-state index in [9.17, 15) is 19.8 Å². The summed E-state index contributed by atoms with van der Waals surface area (Å²) in [6, 6.07) is -0.425. The summed E-state index contributed by atoms with van der Waals surface area (Å²) in [5, 5.41) is 22.5. The molecule has 2 amide bonds. The van der Waals surface area contributed by atoms with Gasteiger partial charge in [-0.2, -0.15) is 0 Å². The first-order valence-electron chi connectivity index (χ1n) is 10.5. The van der Waals surface area contributed by atoms with Crippen LogP contribution in [0.15, 0.2) is 0 Å². The van der Waals surface area contributed by atoms with Crippen molar-refractivity contribution in [1.29, 1.82) is 0 Å². The van der Waals surface area contributed by atoms with Crippen molar-refractivity contribution >= 4 is 12.0 Å². The first kappa shape index (κ1) is 24.7. The zero-order chi connectivity index (χ0) is 21.7. The SMILES string of the molecule is CCCCC(C)(C)C(=O)NCC1OC(C)(C)N(C(=O)O)C1C[C@H](CO)C(C)C. The third-order valence-corrected chi connectivity index (χ3v) is 5.94. The number of hydrogen-bond donors (Lipinski definition) is 3. The molecular formula is C21H40N2O5. The summed E-state index contributed by atoms with van der Waals surface area (Å²) in [7, 11) is 0. The summed E-state index contributed by atoms with van der Waals surface area (Å²) < 4.78 is 6.05. The largest absolute Gasteiger partial charge is 0.465 e.